The van der Waals surface area contributed by atoms with Crippen molar-refractivity contribution in [1.29, 1.82) is 0 Å². The summed E-state index contributed by atoms with van der Waals surface area (Å²) in [6.07, 6.45) is 1.32. The molecule has 4 atom stereocenters. The second-order valence-corrected chi connectivity index (χ2v) is 19.0. The van der Waals surface area contributed by atoms with Crippen LogP contribution in [-0.2, 0) is 20.5 Å². The Labute approximate surface area is 277 Å². The van der Waals surface area contributed by atoms with Crippen LogP contribution in [0.4, 0.5) is 0 Å². The summed E-state index contributed by atoms with van der Waals surface area (Å²) in [4.78, 5) is 16.7. The maximum atomic E-state index is 14.1. The Morgan fingerprint density at radius 2 is 1.22 bits per heavy atom. The molecular formula is C41H51NO3Si. The minimum Gasteiger partial charge on any atom is -0.460 e. The van der Waals surface area contributed by atoms with Gasteiger partial charge in [-0.25, -0.2) is 0 Å². The van der Waals surface area contributed by atoms with Gasteiger partial charge in [0.25, 0.3) is 8.32 Å². The summed E-state index contributed by atoms with van der Waals surface area (Å²) in [5.41, 5.74) is 1.86. The predicted octanol–water partition coefficient (Wildman–Crippen LogP) is 8.32. The number of esters is 1. The van der Waals surface area contributed by atoms with Gasteiger partial charge in [-0.15, -0.1) is 0 Å². The van der Waals surface area contributed by atoms with E-state index in [9.17, 15) is 4.79 Å². The molecule has 0 saturated heterocycles. The van der Waals surface area contributed by atoms with E-state index in [-0.39, 0.29) is 35.1 Å². The molecule has 0 unspecified atom stereocenters. The zero-order valence-corrected chi connectivity index (χ0v) is 29.6. The van der Waals surface area contributed by atoms with E-state index in [4.69, 9.17) is 9.16 Å². The maximum Gasteiger partial charge on any atom is 0.311 e. The SMILES string of the molecule is C[C@@H](c1ccccc1)N(Cc1ccccc1)[C@H]1[C@H](O[Si](c2ccccc2)(c2ccccc2)C(C)(C)C)CC[C@H]1C(=O)OC(C)(C)C. The number of carbonyl (C=O) groups is 1. The molecule has 1 saturated carbocycles. The van der Waals surface area contributed by atoms with Crippen molar-refractivity contribution in [1.82, 2.24) is 4.90 Å². The van der Waals surface area contributed by atoms with E-state index in [0.717, 1.165) is 12.8 Å². The highest BCUT2D eigenvalue weighted by molar-refractivity contribution is 6.99. The lowest BCUT2D eigenvalue weighted by Crippen LogP contribution is -2.69. The third-order valence-electron chi connectivity index (χ3n) is 9.38. The minimum atomic E-state index is -2.90. The van der Waals surface area contributed by atoms with Gasteiger partial charge in [0.05, 0.1) is 12.0 Å². The third-order valence-corrected chi connectivity index (χ3v) is 14.4. The van der Waals surface area contributed by atoms with Crippen molar-refractivity contribution < 1.29 is 14.0 Å². The molecule has 0 aromatic heterocycles. The Hall–Kier alpha value is -3.51. The molecule has 1 aliphatic carbocycles. The van der Waals surface area contributed by atoms with E-state index in [2.05, 4.69) is 154 Å². The molecule has 1 aliphatic rings. The van der Waals surface area contributed by atoms with Crippen LogP contribution in [0.2, 0.25) is 5.04 Å². The molecule has 0 spiro atoms. The summed E-state index contributed by atoms with van der Waals surface area (Å²) >= 11 is 0. The molecule has 4 aromatic carbocycles. The van der Waals surface area contributed by atoms with Crippen LogP contribution < -0.4 is 10.4 Å². The van der Waals surface area contributed by atoms with Crippen molar-refractivity contribution >= 4 is 24.7 Å². The zero-order valence-electron chi connectivity index (χ0n) is 28.6. The fraction of sp³-hybridized carbons (Fsp3) is 0.390. The van der Waals surface area contributed by atoms with Crippen molar-refractivity contribution in [2.45, 2.75) is 96.7 Å². The van der Waals surface area contributed by atoms with Crippen LogP contribution in [0, 0.1) is 5.92 Å². The number of ether oxygens (including phenoxy) is 1. The molecule has 242 valence electrons. The first-order chi connectivity index (χ1) is 21.9. The van der Waals surface area contributed by atoms with Crippen molar-refractivity contribution in [3.8, 4) is 0 Å². The van der Waals surface area contributed by atoms with Gasteiger partial charge in [0, 0.05) is 18.6 Å². The highest BCUT2D eigenvalue weighted by Crippen LogP contribution is 2.44. The summed E-state index contributed by atoms with van der Waals surface area (Å²) in [7, 11) is -2.90. The first-order valence-electron chi connectivity index (χ1n) is 16.8. The van der Waals surface area contributed by atoms with E-state index in [0.29, 0.717) is 6.54 Å². The number of hydrogen-bond acceptors (Lipinski definition) is 4. The van der Waals surface area contributed by atoms with E-state index in [1.54, 1.807) is 0 Å². The molecular weight excluding hydrogens is 583 g/mol. The second-order valence-electron chi connectivity index (χ2n) is 14.8. The molecule has 0 heterocycles. The molecule has 1 fully saturated rings. The Balaban J connectivity index is 1.68. The molecule has 0 radical (unpaired) electrons. The van der Waals surface area contributed by atoms with Crippen LogP contribution in [0.15, 0.2) is 121 Å². The largest absolute Gasteiger partial charge is 0.460 e. The summed E-state index contributed by atoms with van der Waals surface area (Å²) in [6.45, 7) is 15.8. The van der Waals surface area contributed by atoms with Crippen LogP contribution >= 0.6 is 0 Å². The van der Waals surface area contributed by atoms with E-state index in [1.165, 1.54) is 21.5 Å². The molecule has 0 bridgehead atoms. The first kappa shape index (κ1) is 33.8. The van der Waals surface area contributed by atoms with Gasteiger partial charge in [-0.3, -0.25) is 9.69 Å². The normalized spacial score (nSPS) is 19.6. The van der Waals surface area contributed by atoms with Gasteiger partial charge >= 0.3 is 5.97 Å². The number of carbonyl (C=O) groups excluding carboxylic acids is 1. The molecule has 0 amide bonds. The van der Waals surface area contributed by atoms with Crippen molar-refractivity contribution in [3.05, 3.63) is 132 Å². The first-order valence-corrected chi connectivity index (χ1v) is 18.7. The number of hydrogen-bond donors (Lipinski definition) is 0. The van der Waals surface area contributed by atoms with E-state index >= 15 is 0 Å². The topological polar surface area (TPSA) is 38.8 Å². The standard InChI is InChI=1S/C41H51NO3Si/c1-31(33-22-14-9-15-23-33)42(30-32-20-12-8-13-21-32)38-36(39(43)44-40(2,3)4)28-29-37(38)45-46(41(5,6)7,34-24-16-10-17-25-34)35-26-18-11-19-27-35/h8-27,31,36-38H,28-30H2,1-7H3/t31-,36+,37+,38+/m0/s1. The minimum absolute atomic E-state index is 0.0414. The average Bonchev–Trinajstić information content (AvgIpc) is 3.46. The van der Waals surface area contributed by atoms with Gasteiger partial charge < -0.3 is 9.16 Å². The molecule has 0 aliphatic heterocycles. The van der Waals surface area contributed by atoms with Crippen LogP contribution in [-0.4, -0.2) is 36.9 Å². The second kappa shape index (κ2) is 14.1. The van der Waals surface area contributed by atoms with E-state index in [1.807, 2.05) is 20.8 Å². The zero-order chi connectivity index (χ0) is 33.0. The van der Waals surface area contributed by atoms with Gasteiger partial charge in [-0.05, 0) is 67.1 Å². The summed E-state index contributed by atoms with van der Waals surface area (Å²) in [6, 6.07) is 42.8. The molecule has 0 N–H and O–H groups in total. The van der Waals surface area contributed by atoms with Gasteiger partial charge in [0.2, 0.25) is 0 Å². The lowest BCUT2D eigenvalue weighted by Gasteiger charge is -2.48. The Morgan fingerprint density at radius 1 is 0.739 bits per heavy atom. The monoisotopic (exact) mass is 633 g/mol. The highest BCUT2D eigenvalue weighted by atomic mass is 28.4. The summed E-state index contributed by atoms with van der Waals surface area (Å²) in [5.74, 6) is -0.457. The van der Waals surface area contributed by atoms with Crippen molar-refractivity contribution in [3.63, 3.8) is 0 Å². The smallest absolute Gasteiger partial charge is 0.311 e. The van der Waals surface area contributed by atoms with Gasteiger partial charge in [0.1, 0.15) is 5.60 Å². The molecule has 5 rings (SSSR count). The number of rotatable bonds is 10. The maximum absolute atomic E-state index is 14.1. The molecule has 5 heteroatoms. The fourth-order valence-electron chi connectivity index (χ4n) is 7.29. The summed E-state index contributed by atoms with van der Waals surface area (Å²) in [5, 5.41) is 2.32. The molecule has 4 aromatic rings. The third kappa shape index (κ3) is 7.38. The Bertz CT molecular complexity index is 1490. The molecule has 4 nitrogen and oxygen atoms in total. The Morgan fingerprint density at radius 3 is 1.70 bits per heavy atom. The van der Waals surface area contributed by atoms with Gasteiger partial charge in [-0.2, -0.15) is 0 Å². The van der Waals surface area contributed by atoms with E-state index < -0.39 is 13.9 Å². The quantitative estimate of drug-likeness (QED) is 0.130. The van der Waals surface area contributed by atoms with Crippen LogP contribution in [0.1, 0.15) is 78.5 Å². The number of nitrogens with zero attached hydrogens (tertiary/aromatic N) is 1. The average molecular weight is 634 g/mol. The van der Waals surface area contributed by atoms with Crippen molar-refractivity contribution in [2.24, 2.45) is 5.92 Å². The summed E-state index contributed by atoms with van der Waals surface area (Å²) < 4.78 is 14.0. The lowest BCUT2D eigenvalue weighted by molar-refractivity contribution is -0.163. The van der Waals surface area contributed by atoms with Crippen molar-refractivity contribution in [2.75, 3.05) is 0 Å². The van der Waals surface area contributed by atoms with Crippen LogP contribution in [0.3, 0.4) is 0 Å². The highest BCUT2D eigenvalue weighted by Gasteiger charge is 2.56. The Kier molecular flexibility index (Phi) is 10.4. The van der Waals surface area contributed by atoms with Gasteiger partial charge in [0.15, 0.2) is 0 Å². The predicted molar refractivity (Wildman–Crippen MR) is 192 cm³/mol. The van der Waals surface area contributed by atoms with Crippen LogP contribution in [0.5, 0.6) is 0 Å². The molecule has 46 heavy (non-hydrogen) atoms. The van der Waals surface area contributed by atoms with Gasteiger partial charge in [-0.1, -0.05) is 142 Å². The fourth-order valence-corrected chi connectivity index (χ4v) is 12.0. The van der Waals surface area contributed by atoms with Crippen LogP contribution in [0.25, 0.3) is 0 Å². The number of benzene rings is 4. The lowest BCUT2D eigenvalue weighted by atomic mass is 9.96.